The molecule has 0 fully saturated rings. The van der Waals surface area contributed by atoms with Crippen LogP contribution in [-0.2, 0) is 6.42 Å². The van der Waals surface area contributed by atoms with Crippen molar-refractivity contribution < 1.29 is 9.18 Å². The molecule has 0 aromatic heterocycles. The number of para-hydroxylation sites is 1. The lowest BCUT2D eigenvalue weighted by Gasteiger charge is -2.10. The van der Waals surface area contributed by atoms with Crippen LogP contribution in [0.2, 0.25) is 0 Å². The molecule has 0 bridgehead atoms. The van der Waals surface area contributed by atoms with Crippen molar-refractivity contribution in [1.82, 2.24) is 5.32 Å². The quantitative estimate of drug-likeness (QED) is 0.878. The molecule has 1 amide bonds. The third-order valence-corrected chi connectivity index (χ3v) is 3.03. The minimum atomic E-state index is -0.437. The molecule has 0 spiro atoms. The molecule has 2 rings (SSSR count). The van der Waals surface area contributed by atoms with Crippen LogP contribution in [0, 0.1) is 5.82 Å². The first-order chi connectivity index (χ1) is 9.72. The van der Waals surface area contributed by atoms with Gasteiger partial charge >= 0.3 is 0 Å². The van der Waals surface area contributed by atoms with Gasteiger partial charge in [-0.3, -0.25) is 4.79 Å². The van der Waals surface area contributed by atoms with E-state index in [1.54, 1.807) is 30.3 Å². The van der Waals surface area contributed by atoms with Gasteiger partial charge in [0.2, 0.25) is 0 Å². The number of halogens is 1. The zero-order valence-electron chi connectivity index (χ0n) is 11.3. The molecule has 0 radical (unpaired) electrons. The molecule has 104 valence electrons. The van der Waals surface area contributed by atoms with Crippen LogP contribution in [0.25, 0.3) is 0 Å². The number of nitrogens with one attached hydrogen (secondary N) is 2. The molecular formula is C16H17FN2O. The summed E-state index contributed by atoms with van der Waals surface area (Å²) in [6.45, 7) is 0.782. The van der Waals surface area contributed by atoms with Gasteiger partial charge in [0.05, 0.1) is 5.69 Å². The van der Waals surface area contributed by atoms with E-state index in [1.807, 2.05) is 19.2 Å². The number of hydrogen-bond donors (Lipinski definition) is 2. The maximum Gasteiger partial charge on any atom is 0.256 e. The SMILES string of the molecule is CNCCc1ccccc1C(=O)Nc1ccccc1F. The van der Waals surface area contributed by atoms with Crippen molar-refractivity contribution in [3.05, 3.63) is 65.5 Å². The number of amides is 1. The monoisotopic (exact) mass is 272 g/mol. The summed E-state index contributed by atoms with van der Waals surface area (Å²) in [7, 11) is 1.86. The molecule has 0 aliphatic rings. The average molecular weight is 272 g/mol. The molecule has 0 saturated heterocycles. The molecule has 0 aliphatic carbocycles. The molecule has 2 aromatic carbocycles. The number of anilines is 1. The summed E-state index contributed by atoms with van der Waals surface area (Å²) in [5.41, 5.74) is 1.71. The van der Waals surface area contributed by atoms with E-state index >= 15 is 0 Å². The fourth-order valence-corrected chi connectivity index (χ4v) is 1.97. The second-order valence-electron chi connectivity index (χ2n) is 4.44. The van der Waals surface area contributed by atoms with Gasteiger partial charge in [-0.1, -0.05) is 30.3 Å². The summed E-state index contributed by atoms with van der Waals surface area (Å²) in [5.74, 6) is -0.727. The number of benzene rings is 2. The van der Waals surface area contributed by atoms with E-state index in [0.717, 1.165) is 18.5 Å². The zero-order chi connectivity index (χ0) is 14.4. The molecule has 0 atom stereocenters. The number of likely N-dealkylation sites (N-methyl/N-ethyl adjacent to an activating group) is 1. The summed E-state index contributed by atoms with van der Waals surface area (Å²) in [5, 5.41) is 5.66. The highest BCUT2D eigenvalue weighted by Gasteiger charge is 2.12. The Morgan fingerprint density at radius 2 is 1.80 bits per heavy atom. The normalized spacial score (nSPS) is 10.3. The van der Waals surface area contributed by atoms with Crippen LogP contribution in [0.15, 0.2) is 48.5 Å². The number of carbonyl (C=O) groups is 1. The molecule has 2 N–H and O–H groups in total. The lowest BCUT2D eigenvalue weighted by atomic mass is 10.0. The summed E-state index contributed by atoms with van der Waals surface area (Å²) < 4.78 is 13.5. The Hall–Kier alpha value is -2.20. The molecule has 0 heterocycles. The molecule has 20 heavy (non-hydrogen) atoms. The Morgan fingerprint density at radius 1 is 1.10 bits per heavy atom. The predicted octanol–water partition coefficient (Wildman–Crippen LogP) is 2.84. The Labute approximate surface area is 117 Å². The lowest BCUT2D eigenvalue weighted by Crippen LogP contribution is -2.17. The fourth-order valence-electron chi connectivity index (χ4n) is 1.97. The van der Waals surface area contributed by atoms with Crippen LogP contribution in [0.1, 0.15) is 15.9 Å². The van der Waals surface area contributed by atoms with Crippen molar-refractivity contribution >= 4 is 11.6 Å². The first-order valence-corrected chi connectivity index (χ1v) is 6.50. The molecule has 0 unspecified atom stereocenters. The van der Waals surface area contributed by atoms with E-state index in [2.05, 4.69) is 10.6 Å². The number of hydrogen-bond acceptors (Lipinski definition) is 2. The highest BCUT2D eigenvalue weighted by atomic mass is 19.1. The van der Waals surface area contributed by atoms with Gasteiger partial charge in [-0.15, -0.1) is 0 Å². The molecular weight excluding hydrogens is 255 g/mol. The Bertz CT molecular complexity index is 599. The van der Waals surface area contributed by atoms with Crippen molar-refractivity contribution in [3.8, 4) is 0 Å². The van der Waals surface area contributed by atoms with Crippen LogP contribution >= 0.6 is 0 Å². The third-order valence-electron chi connectivity index (χ3n) is 3.03. The predicted molar refractivity (Wildman–Crippen MR) is 78.4 cm³/mol. The van der Waals surface area contributed by atoms with Crippen molar-refractivity contribution in [1.29, 1.82) is 0 Å². The van der Waals surface area contributed by atoms with Gasteiger partial charge < -0.3 is 10.6 Å². The van der Waals surface area contributed by atoms with Crippen LogP contribution < -0.4 is 10.6 Å². The van der Waals surface area contributed by atoms with E-state index in [1.165, 1.54) is 6.07 Å². The van der Waals surface area contributed by atoms with Gasteiger partial charge in [-0.2, -0.15) is 0 Å². The Morgan fingerprint density at radius 3 is 2.55 bits per heavy atom. The van der Waals surface area contributed by atoms with Gasteiger partial charge in [-0.25, -0.2) is 4.39 Å². The highest BCUT2D eigenvalue weighted by molar-refractivity contribution is 6.05. The van der Waals surface area contributed by atoms with E-state index in [-0.39, 0.29) is 11.6 Å². The topological polar surface area (TPSA) is 41.1 Å². The minimum Gasteiger partial charge on any atom is -0.319 e. The smallest absolute Gasteiger partial charge is 0.256 e. The van der Waals surface area contributed by atoms with Crippen LogP contribution in [0.4, 0.5) is 10.1 Å². The van der Waals surface area contributed by atoms with Crippen LogP contribution in [0.3, 0.4) is 0 Å². The average Bonchev–Trinajstić information content (AvgIpc) is 2.47. The van der Waals surface area contributed by atoms with E-state index in [9.17, 15) is 9.18 Å². The molecule has 2 aromatic rings. The van der Waals surface area contributed by atoms with Gasteiger partial charge in [0.1, 0.15) is 5.82 Å². The Balaban J connectivity index is 2.19. The first-order valence-electron chi connectivity index (χ1n) is 6.50. The lowest BCUT2D eigenvalue weighted by molar-refractivity contribution is 0.102. The fraction of sp³-hybridized carbons (Fsp3) is 0.188. The minimum absolute atomic E-state index is 0.195. The standard InChI is InChI=1S/C16H17FN2O/c1-18-11-10-12-6-2-3-7-13(12)16(20)19-15-9-5-4-8-14(15)17/h2-9,18H,10-11H2,1H3,(H,19,20). The molecule has 4 heteroatoms. The van der Waals surface area contributed by atoms with Gasteiger partial charge in [0, 0.05) is 5.56 Å². The second kappa shape index (κ2) is 6.82. The van der Waals surface area contributed by atoms with Crippen molar-refractivity contribution in [3.63, 3.8) is 0 Å². The molecule has 0 aliphatic heterocycles. The van der Waals surface area contributed by atoms with Crippen molar-refractivity contribution in [2.24, 2.45) is 0 Å². The van der Waals surface area contributed by atoms with E-state index in [4.69, 9.17) is 0 Å². The third kappa shape index (κ3) is 3.42. The molecule has 3 nitrogen and oxygen atoms in total. The largest absolute Gasteiger partial charge is 0.319 e. The summed E-state index contributed by atoms with van der Waals surface area (Å²) in [4.78, 5) is 12.3. The summed E-state index contributed by atoms with van der Waals surface area (Å²) in [6, 6.07) is 13.5. The van der Waals surface area contributed by atoms with Gasteiger partial charge in [-0.05, 0) is 43.8 Å². The summed E-state index contributed by atoms with van der Waals surface area (Å²) in [6.07, 6.45) is 0.747. The number of carbonyl (C=O) groups excluding carboxylic acids is 1. The van der Waals surface area contributed by atoms with Crippen molar-refractivity contribution in [2.75, 3.05) is 18.9 Å². The second-order valence-corrected chi connectivity index (χ2v) is 4.44. The maximum absolute atomic E-state index is 13.5. The zero-order valence-corrected chi connectivity index (χ0v) is 11.3. The highest BCUT2D eigenvalue weighted by Crippen LogP contribution is 2.16. The van der Waals surface area contributed by atoms with Gasteiger partial charge in [0.25, 0.3) is 5.91 Å². The first kappa shape index (κ1) is 14.2. The van der Waals surface area contributed by atoms with Gasteiger partial charge in [0.15, 0.2) is 0 Å². The number of rotatable bonds is 5. The van der Waals surface area contributed by atoms with E-state index in [0.29, 0.717) is 5.56 Å². The molecule has 0 saturated carbocycles. The van der Waals surface area contributed by atoms with E-state index < -0.39 is 5.82 Å². The van der Waals surface area contributed by atoms with Crippen LogP contribution in [0.5, 0.6) is 0 Å². The van der Waals surface area contributed by atoms with Crippen molar-refractivity contribution in [2.45, 2.75) is 6.42 Å². The Kier molecular flexibility index (Phi) is 4.85. The maximum atomic E-state index is 13.5. The van der Waals surface area contributed by atoms with Crippen LogP contribution in [-0.4, -0.2) is 19.5 Å². The summed E-state index contributed by atoms with van der Waals surface area (Å²) >= 11 is 0.